The third-order valence-corrected chi connectivity index (χ3v) is 6.85. The molecule has 0 aliphatic heterocycles. The summed E-state index contributed by atoms with van der Waals surface area (Å²) < 4.78 is 25.6. The summed E-state index contributed by atoms with van der Waals surface area (Å²) in [7, 11) is 0. The molecule has 25 heavy (non-hydrogen) atoms. The highest BCUT2D eigenvalue weighted by Gasteiger charge is 2.30. The maximum atomic E-state index is 12.2. The Morgan fingerprint density at radius 1 is 0.880 bits per heavy atom. The van der Waals surface area contributed by atoms with E-state index in [9.17, 15) is 8.78 Å². The maximum Gasteiger partial charge on any atom is 0.242 e. The Balaban J connectivity index is 1.42. The molecule has 0 heterocycles. The lowest BCUT2D eigenvalue weighted by atomic mass is 9.68. The molecule has 0 N–H and O–H groups in total. The third-order valence-electron chi connectivity index (χ3n) is 6.32. The fraction of sp³-hybridized carbons (Fsp3) is 0.636. The Kier molecular flexibility index (Phi) is 7.09. The van der Waals surface area contributed by atoms with Crippen LogP contribution in [0, 0.1) is 17.8 Å². The van der Waals surface area contributed by atoms with Crippen LogP contribution in [-0.4, -0.2) is 6.43 Å². The van der Waals surface area contributed by atoms with E-state index in [2.05, 4.69) is 40.2 Å². The molecule has 0 aromatic heterocycles. The lowest BCUT2D eigenvalue weighted by Gasteiger charge is -2.37. The summed E-state index contributed by atoms with van der Waals surface area (Å²) in [6.45, 7) is 0. The van der Waals surface area contributed by atoms with Crippen LogP contribution >= 0.6 is 15.9 Å². The van der Waals surface area contributed by atoms with Gasteiger partial charge in [-0.3, -0.25) is 0 Å². The second-order valence-electron chi connectivity index (χ2n) is 7.89. The van der Waals surface area contributed by atoms with Crippen molar-refractivity contribution < 1.29 is 8.78 Å². The van der Waals surface area contributed by atoms with E-state index < -0.39 is 6.43 Å². The molecule has 1 aromatic rings. The Bertz CT molecular complexity index is 536. The molecule has 0 spiro atoms. The van der Waals surface area contributed by atoms with Crippen LogP contribution < -0.4 is 0 Å². The zero-order valence-corrected chi connectivity index (χ0v) is 16.4. The van der Waals surface area contributed by atoms with E-state index in [4.69, 9.17) is 0 Å². The van der Waals surface area contributed by atoms with E-state index >= 15 is 0 Å². The van der Waals surface area contributed by atoms with E-state index in [0.717, 1.165) is 22.2 Å². The topological polar surface area (TPSA) is 0 Å². The first-order chi connectivity index (χ1) is 12.1. The van der Waals surface area contributed by atoms with Crippen LogP contribution in [0.5, 0.6) is 0 Å². The summed E-state index contributed by atoms with van der Waals surface area (Å²) in [5.74, 6) is 3.02. The SMILES string of the molecule is FC(F)C/C=C/[C@H]1CC[C@H](C2CCC(c3ccc(Br)cc3)CC2)CC1. The molecule has 0 amide bonds. The van der Waals surface area contributed by atoms with Crippen molar-refractivity contribution >= 4 is 15.9 Å². The third kappa shape index (κ3) is 5.64. The minimum absolute atomic E-state index is 0.0833. The Hall–Kier alpha value is -0.700. The minimum Gasteiger partial charge on any atom is -0.210 e. The number of hydrogen-bond donors (Lipinski definition) is 0. The highest BCUT2D eigenvalue weighted by atomic mass is 79.9. The lowest BCUT2D eigenvalue weighted by Crippen LogP contribution is -2.25. The molecule has 0 saturated heterocycles. The highest BCUT2D eigenvalue weighted by molar-refractivity contribution is 9.10. The summed E-state index contributed by atoms with van der Waals surface area (Å²) in [6.07, 6.45) is 11.8. The molecule has 2 aliphatic carbocycles. The number of halogens is 3. The molecule has 2 fully saturated rings. The predicted octanol–water partition coefficient (Wildman–Crippen LogP) is 7.74. The van der Waals surface area contributed by atoms with Crippen molar-refractivity contribution in [2.24, 2.45) is 17.8 Å². The molecule has 138 valence electrons. The van der Waals surface area contributed by atoms with Gasteiger partial charge in [-0.25, -0.2) is 8.78 Å². The van der Waals surface area contributed by atoms with Gasteiger partial charge in [0.25, 0.3) is 0 Å². The van der Waals surface area contributed by atoms with Gasteiger partial charge in [0.2, 0.25) is 6.43 Å². The average Bonchev–Trinajstić information content (AvgIpc) is 2.63. The molecule has 1 aromatic carbocycles. The van der Waals surface area contributed by atoms with Crippen LogP contribution in [0.25, 0.3) is 0 Å². The van der Waals surface area contributed by atoms with E-state index in [1.54, 1.807) is 6.08 Å². The van der Waals surface area contributed by atoms with Crippen molar-refractivity contribution in [3.05, 3.63) is 46.5 Å². The Morgan fingerprint density at radius 2 is 1.44 bits per heavy atom. The molecule has 0 radical (unpaired) electrons. The van der Waals surface area contributed by atoms with Crippen molar-refractivity contribution in [3.8, 4) is 0 Å². The van der Waals surface area contributed by atoms with Gasteiger partial charge in [-0.15, -0.1) is 0 Å². The fourth-order valence-electron chi connectivity index (χ4n) is 4.84. The monoisotopic (exact) mass is 410 g/mol. The summed E-state index contributed by atoms with van der Waals surface area (Å²) in [4.78, 5) is 0. The predicted molar refractivity (Wildman–Crippen MR) is 104 cm³/mol. The Morgan fingerprint density at radius 3 is 2.00 bits per heavy atom. The van der Waals surface area contributed by atoms with E-state index in [-0.39, 0.29) is 6.42 Å². The number of benzene rings is 1. The second-order valence-corrected chi connectivity index (χ2v) is 8.81. The summed E-state index contributed by atoms with van der Waals surface area (Å²) in [5, 5.41) is 0. The van der Waals surface area contributed by atoms with Gasteiger partial charge in [-0.1, -0.05) is 40.2 Å². The maximum absolute atomic E-state index is 12.2. The van der Waals surface area contributed by atoms with Crippen molar-refractivity contribution in [2.75, 3.05) is 0 Å². The second kappa shape index (κ2) is 9.30. The minimum atomic E-state index is -2.20. The van der Waals surface area contributed by atoms with Gasteiger partial charge >= 0.3 is 0 Å². The first-order valence-electron chi connectivity index (χ1n) is 9.82. The molecule has 3 heteroatoms. The van der Waals surface area contributed by atoms with Gasteiger partial charge in [0.1, 0.15) is 0 Å². The van der Waals surface area contributed by atoms with Crippen LogP contribution in [0.1, 0.15) is 69.3 Å². The molecule has 0 atom stereocenters. The van der Waals surface area contributed by atoms with Crippen LogP contribution in [0.2, 0.25) is 0 Å². The molecule has 2 saturated carbocycles. The fourth-order valence-corrected chi connectivity index (χ4v) is 5.11. The summed E-state index contributed by atoms with van der Waals surface area (Å²) in [5.41, 5.74) is 1.49. The number of alkyl halides is 2. The van der Waals surface area contributed by atoms with Gasteiger partial charge in [0, 0.05) is 10.9 Å². The lowest BCUT2D eigenvalue weighted by molar-refractivity contribution is 0.151. The largest absolute Gasteiger partial charge is 0.242 e. The standard InChI is InChI=1S/C22H29BrF2/c23-21-14-12-20(13-15-21)19-10-8-18(9-11-19)17-6-4-16(5-7-17)2-1-3-22(24)25/h1-2,12-19,22H,3-11H2/b2-1+/t16-,17-,18?,19?. The zero-order chi connectivity index (χ0) is 17.6. The van der Waals surface area contributed by atoms with Crippen molar-refractivity contribution in [1.29, 1.82) is 0 Å². The Labute approximate surface area is 159 Å². The van der Waals surface area contributed by atoms with Crippen molar-refractivity contribution in [3.63, 3.8) is 0 Å². The molecule has 0 nitrogen and oxygen atoms in total. The molecule has 2 aliphatic rings. The molecule has 0 unspecified atom stereocenters. The number of rotatable bonds is 5. The molecule has 0 bridgehead atoms. The smallest absolute Gasteiger partial charge is 0.210 e. The molecule has 3 rings (SSSR count). The summed E-state index contributed by atoms with van der Waals surface area (Å²) in [6, 6.07) is 8.85. The normalized spacial score (nSPS) is 30.9. The van der Waals surface area contributed by atoms with E-state index in [1.165, 1.54) is 56.9 Å². The van der Waals surface area contributed by atoms with E-state index in [1.807, 2.05) is 6.08 Å². The average molecular weight is 411 g/mol. The van der Waals surface area contributed by atoms with Crippen LogP contribution in [0.15, 0.2) is 40.9 Å². The van der Waals surface area contributed by atoms with Gasteiger partial charge in [0.05, 0.1) is 0 Å². The van der Waals surface area contributed by atoms with Gasteiger partial charge < -0.3 is 0 Å². The van der Waals surface area contributed by atoms with Gasteiger partial charge in [-0.05, 0) is 92.7 Å². The zero-order valence-electron chi connectivity index (χ0n) is 14.8. The highest BCUT2D eigenvalue weighted by Crippen LogP contribution is 2.44. The van der Waals surface area contributed by atoms with Crippen LogP contribution in [0.4, 0.5) is 8.78 Å². The number of hydrogen-bond acceptors (Lipinski definition) is 0. The van der Waals surface area contributed by atoms with Crippen molar-refractivity contribution in [2.45, 2.75) is 70.1 Å². The first kappa shape index (κ1) is 19.1. The number of allylic oxidation sites excluding steroid dienone is 2. The first-order valence-corrected chi connectivity index (χ1v) is 10.6. The van der Waals surface area contributed by atoms with Crippen LogP contribution in [0.3, 0.4) is 0 Å². The van der Waals surface area contributed by atoms with Gasteiger partial charge in [-0.2, -0.15) is 0 Å². The molecular formula is C22H29BrF2. The van der Waals surface area contributed by atoms with Crippen molar-refractivity contribution in [1.82, 2.24) is 0 Å². The molecular weight excluding hydrogens is 382 g/mol. The van der Waals surface area contributed by atoms with E-state index in [0.29, 0.717) is 5.92 Å². The van der Waals surface area contributed by atoms with Crippen LogP contribution in [-0.2, 0) is 0 Å². The summed E-state index contributed by atoms with van der Waals surface area (Å²) >= 11 is 3.52. The quantitative estimate of drug-likeness (QED) is 0.435. The van der Waals surface area contributed by atoms with Gasteiger partial charge in [0.15, 0.2) is 0 Å².